The van der Waals surface area contributed by atoms with Crippen LogP contribution in [0.5, 0.6) is 0 Å². The minimum absolute atomic E-state index is 0.296. The van der Waals surface area contributed by atoms with Crippen LogP contribution < -0.4 is 0 Å². The van der Waals surface area contributed by atoms with Gasteiger partial charge >= 0.3 is 0 Å². The number of rotatable bonds is 4. The Hall–Kier alpha value is -4.43. The van der Waals surface area contributed by atoms with Crippen molar-refractivity contribution >= 4 is 10.8 Å². The Kier molecular flexibility index (Phi) is 5.04. The summed E-state index contributed by atoms with van der Waals surface area (Å²) < 4.78 is 21.3. The highest BCUT2D eigenvalue weighted by Gasteiger charge is 2.21. The van der Waals surface area contributed by atoms with Crippen LogP contribution in [-0.2, 0) is 0 Å². The van der Waals surface area contributed by atoms with Crippen LogP contribution in [-0.4, -0.2) is 0 Å². The van der Waals surface area contributed by atoms with Crippen molar-refractivity contribution in [3.63, 3.8) is 0 Å². The Bertz CT molecular complexity index is 1600. The lowest BCUT2D eigenvalue weighted by atomic mass is 9.92. The van der Waals surface area contributed by atoms with E-state index in [-0.39, 0.29) is 5.82 Å². The lowest BCUT2D eigenvalue weighted by Gasteiger charge is -2.12. The highest BCUT2D eigenvalue weighted by Crippen LogP contribution is 2.44. The van der Waals surface area contributed by atoms with Gasteiger partial charge in [0.25, 0.3) is 0 Å². The predicted molar refractivity (Wildman–Crippen MR) is 138 cm³/mol. The van der Waals surface area contributed by atoms with Gasteiger partial charge in [-0.25, -0.2) is 4.39 Å². The van der Waals surface area contributed by atoms with Gasteiger partial charge < -0.3 is 4.42 Å². The molecule has 2 heteroatoms. The van der Waals surface area contributed by atoms with E-state index in [1.54, 1.807) is 12.1 Å². The molecule has 5 aromatic carbocycles. The van der Waals surface area contributed by atoms with Crippen molar-refractivity contribution in [2.75, 3.05) is 0 Å². The van der Waals surface area contributed by atoms with Gasteiger partial charge in [0.1, 0.15) is 17.3 Å². The minimum atomic E-state index is -0.296. The second-order valence-electron chi connectivity index (χ2n) is 8.28. The van der Waals surface area contributed by atoms with E-state index in [1.807, 2.05) is 66.7 Å². The van der Waals surface area contributed by atoms with Crippen molar-refractivity contribution in [3.05, 3.63) is 133 Å². The van der Waals surface area contributed by atoms with Crippen LogP contribution >= 0.6 is 0 Å². The first-order valence-corrected chi connectivity index (χ1v) is 11.3. The predicted octanol–water partition coefficient (Wildman–Crippen LogP) is 9.24. The summed E-state index contributed by atoms with van der Waals surface area (Å²) in [7, 11) is 0. The van der Waals surface area contributed by atoms with Crippen molar-refractivity contribution in [1.82, 2.24) is 0 Å². The quantitative estimate of drug-likeness (QED) is 0.266. The van der Waals surface area contributed by atoms with Crippen LogP contribution in [0.1, 0.15) is 0 Å². The summed E-state index contributed by atoms with van der Waals surface area (Å²) in [6.45, 7) is 0. The van der Waals surface area contributed by atoms with E-state index in [9.17, 15) is 4.39 Å². The molecule has 0 fully saturated rings. The molecule has 0 unspecified atom stereocenters. The molecule has 1 heterocycles. The first-order valence-electron chi connectivity index (χ1n) is 11.3. The number of benzene rings is 5. The van der Waals surface area contributed by atoms with E-state index in [1.165, 1.54) is 6.07 Å². The Morgan fingerprint density at radius 3 is 1.65 bits per heavy atom. The maximum absolute atomic E-state index is 14.8. The number of halogens is 1. The van der Waals surface area contributed by atoms with Gasteiger partial charge in [-0.2, -0.15) is 0 Å². The van der Waals surface area contributed by atoms with E-state index in [0.29, 0.717) is 11.3 Å². The number of furan rings is 1. The zero-order valence-corrected chi connectivity index (χ0v) is 18.4. The summed E-state index contributed by atoms with van der Waals surface area (Å²) in [6, 6.07) is 41.8. The molecular formula is C32H21FO. The van der Waals surface area contributed by atoms with Crippen molar-refractivity contribution < 1.29 is 8.81 Å². The first-order chi connectivity index (χ1) is 16.8. The van der Waals surface area contributed by atoms with Gasteiger partial charge in [0, 0.05) is 16.3 Å². The summed E-state index contributed by atoms with van der Waals surface area (Å²) in [6.07, 6.45) is 0. The fraction of sp³-hybridized carbons (Fsp3) is 0. The third-order valence-electron chi connectivity index (χ3n) is 6.20. The van der Waals surface area contributed by atoms with E-state index >= 15 is 0 Å². The number of hydrogen-bond donors (Lipinski definition) is 0. The van der Waals surface area contributed by atoms with Crippen molar-refractivity contribution in [1.29, 1.82) is 0 Å². The first kappa shape index (κ1) is 20.2. The zero-order chi connectivity index (χ0) is 22.9. The second-order valence-corrected chi connectivity index (χ2v) is 8.28. The Balaban J connectivity index is 1.65. The Labute approximate surface area is 197 Å². The van der Waals surface area contributed by atoms with Gasteiger partial charge in [-0.1, -0.05) is 109 Å². The normalized spacial score (nSPS) is 11.1. The third-order valence-corrected chi connectivity index (χ3v) is 6.20. The lowest BCUT2D eigenvalue weighted by Crippen LogP contribution is -1.87. The maximum atomic E-state index is 14.8. The summed E-state index contributed by atoms with van der Waals surface area (Å²) in [5.41, 5.74) is 5.85. The van der Waals surface area contributed by atoms with Gasteiger partial charge in [0.15, 0.2) is 0 Å². The Morgan fingerprint density at radius 2 is 0.971 bits per heavy atom. The smallest absolute Gasteiger partial charge is 0.145 e. The highest BCUT2D eigenvalue weighted by molar-refractivity contribution is 6.05. The molecule has 0 aliphatic heterocycles. The SMILES string of the molecule is Fc1ccccc1-c1oc(-c2cc(-c3ccccc3)ccc2-c2ccccc2)c2ccccc12. The summed E-state index contributed by atoms with van der Waals surface area (Å²) in [5.74, 6) is 0.994. The van der Waals surface area contributed by atoms with Crippen LogP contribution in [0.15, 0.2) is 132 Å². The fourth-order valence-corrected chi connectivity index (χ4v) is 4.55. The van der Waals surface area contributed by atoms with Gasteiger partial charge in [0.2, 0.25) is 0 Å². The van der Waals surface area contributed by atoms with Crippen molar-refractivity contribution in [2.24, 2.45) is 0 Å². The molecule has 0 N–H and O–H groups in total. The highest BCUT2D eigenvalue weighted by atomic mass is 19.1. The molecule has 162 valence electrons. The van der Waals surface area contributed by atoms with Gasteiger partial charge in [-0.05, 0) is 40.5 Å². The van der Waals surface area contributed by atoms with E-state index < -0.39 is 0 Å². The molecule has 0 radical (unpaired) electrons. The molecule has 0 atom stereocenters. The molecule has 1 nitrogen and oxygen atoms in total. The monoisotopic (exact) mass is 440 g/mol. The lowest BCUT2D eigenvalue weighted by molar-refractivity contribution is 0.585. The molecule has 0 aliphatic carbocycles. The largest absolute Gasteiger partial charge is 0.455 e. The van der Waals surface area contributed by atoms with E-state index in [4.69, 9.17) is 4.42 Å². The molecule has 6 aromatic rings. The van der Waals surface area contributed by atoms with Crippen molar-refractivity contribution in [3.8, 4) is 44.9 Å². The number of fused-ring (bicyclic) bond motifs is 1. The van der Waals surface area contributed by atoms with Crippen LogP contribution in [0.3, 0.4) is 0 Å². The summed E-state index contributed by atoms with van der Waals surface area (Å²) in [4.78, 5) is 0. The maximum Gasteiger partial charge on any atom is 0.145 e. The molecule has 0 saturated heterocycles. The van der Waals surface area contributed by atoms with Crippen LogP contribution in [0.2, 0.25) is 0 Å². The van der Waals surface area contributed by atoms with E-state index in [0.717, 1.165) is 44.3 Å². The summed E-state index contributed by atoms with van der Waals surface area (Å²) in [5, 5.41) is 1.86. The molecule has 6 rings (SSSR count). The average molecular weight is 441 g/mol. The second kappa shape index (κ2) is 8.49. The van der Waals surface area contributed by atoms with E-state index in [2.05, 4.69) is 42.5 Å². The molecule has 0 amide bonds. The van der Waals surface area contributed by atoms with Crippen LogP contribution in [0.25, 0.3) is 55.7 Å². The van der Waals surface area contributed by atoms with Crippen LogP contribution in [0.4, 0.5) is 4.39 Å². The molecule has 34 heavy (non-hydrogen) atoms. The number of hydrogen-bond acceptors (Lipinski definition) is 1. The molecule has 0 aliphatic rings. The molecule has 1 aromatic heterocycles. The van der Waals surface area contributed by atoms with Crippen LogP contribution in [0, 0.1) is 5.82 Å². The minimum Gasteiger partial charge on any atom is -0.455 e. The fourth-order valence-electron chi connectivity index (χ4n) is 4.55. The van der Waals surface area contributed by atoms with Gasteiger partial charge in [0.05, 0.1) is 5.56 Å². The molecule has 0 bridgehead atoms. The summed E-state index contributed by atoms with van der Waals surface area (Å²) >= 11 is 0. The molecule has 0 saturated carbocycles. The topological polar surface area (TPSA) is 13.1 Å². The van der Waals surface area contributed by atoms with Gasteiger partial charge in [-0.15, -0.1) is 0 Å². The average Bonchev–Trinajstić information content (AvgIpc) is 3.29. The molecule has 0 spiro atoms. The third kappa shape index (κ3) is 3.50. The molecular weight excluding hydrogens is 419 g/mol. The van der Waals surface area contributed by atoms with Gasteiger partial charge in [-0.3, -0.25) is 0 Å². The van der Waals surface area contributed by atoms with Crippen molar-refractivity contribution in [2.45, 2.75) is 0 Å². The Morgan fingerprint density at radius 1 is 0.412 bits per heavy atom. The standard InChI is InChI=1S/C32H21FO/c33-30-18-10-9-17-28(30)31-26-15-7-8-16-27(26)32(34-31)29-21-24(22-11-3-1-4-12-22)19-20-25(29)23-13-5-2-6-14-23/h1-21H. The zero-order valence-electron chi connectivity index (χ0n) is 18.4.